The first-order chi connectivity index (χ1) is 26.6. The molecule has 7 atom stereocenters. The van der Waals surface area contributed by atoms with Gasteiger partial charge in [-0.3, -0.25) is 28.8 Å². The van der Waals surface area contributed by atoms with E-state index in [0.29, 0.717) is 38.2 Å². The molecule has 5 amide bonds. The van der Waals surface area contributed by atoms with Gasteiger partial charge >= 0.3 is 0 Å². The fourth-order valence-corrected chi connectivity index (χ4v) is 6.41. The zero-order valence-corrected chi connectivity index (χ0v) is 33.9. The van der Waals surface area contributed by atoms with Crippen molar-refractivity contribution in [2.24, 2.45) is 17.8 Å². The molecule has 14 heteroatoms. The number of Topliss-reactive ketones (excluding diaryl/α,β-unsaturated/α-hetero) is 1. The summed E-state index contributed by atoms with van der Waals surface area (Å²) < 4.78 is 5.81. The zero-order valence-electron chi connectivity index (χ0n) is 33.9. The van der Waals surface area contributed by atoms with Crippen LogP contribution in [-0.4, -0.2) is 96.4 Å². The summed E-state index contributed by atoms with van der Waals surface area (Å²) in [6, 6.07) is 11.4. The van der Waals surface area contributed by atoms with Gasteiger partial charge in [-0.1, -0.05) is 90.4 Å². The van der Waals surface area contributed by atoms with Gasteiger partial charge in [0.05, 0.1) is 18.7 Å². The average Bonchev–Trinajstić information content (AvgIpc) is 3.16. The number of ether oxygens (including phenoxy) is 1. The lowest BCUT2D eigenvalue weighted by atomic mass is 9.96. The minimum Gasteiger partial charge on any atom is -0.494 e. The van der Waals surface area contributed by atoms with Crippen molar-refractivity contribution < 1.29 is 38.6 Å². The van der Waals surface area contributed by atoms with Crippen LogP contribution in [0.4, 0.5) is 0 Å². The Bertz CT molecular complexity index is 1600. The molecule has 0 spiro atoms. The Hall–Kier alpha value is -4.82. The van der Waals surface area contributed by atoms with Crippen molar-refractivity contribution in [1.82, 2.24) is 31.9 Å². The number of nitrogens with one attached hydrogen (secondary N) is 6. The number of aliphatic hydroxyl groups is 1. The number of rotatable bonds is 17. The van der Waals surface area contributed by atoms with Crippen LogP contribution in [0.15, 0.2) is 54.6 Å². The van der Waals surface area contributed by atoms with E-state index in [1.54, 1.807) is 50.2 Å². The molecule has 4 rings (SSSR count). The minimum absolute atomic E-state index is 0.0487. The Balaban J connectivity index is 1.84. The number of amides is 5. The van der Waals surface area contributed by atoms with Gasteiger partial charge in [0.1, 0.15) is 30.0 Å². The molecule has 0 fully saturated rings. The van der Waals surface area contributed by atoms with Crippen molar-refractivity contribution in [2.45, 2.75) is 117 Å². The van der Waals surface area contributed by atoms with E-state index < -0.39 is 65.7 Å². The highest BCUT2D eigenvalue weighted by atomic mass is 16.5. The predicted molar refractivity (Wildman–Crippen MR) is 213 cm³/mol. The molecule has 308 valence electrons. The smallest absolute Gasteiger partial charge is 0.243 e. The largest absolute Gasteiger partial charge is 0.494 e. The van der Waals surface area contributed by atoms with Gasteiger partial charge in [-0.25, -0.2) is 0 Å². The number of ketones is 1. The Kier molecular flexibility index (Phi) is 18.4. The maximum Gasteiger partial charge on any atom is 0.243 e. The summed E-state index contributed by atoms with van der Waals surface area (Å²) in [6.07, 6.45) is 0.153. The molecule has 14 nitrogen and oxygen atoms in total. The van der Waals surface area contributed by atoms with E-state index in [1.807, 2.05) is 45.9 Å². The highest BCUT2D eigenvalue weighted by Crippen LogP contribution is 2.16. The number of hydrogen-bond acceptors (Lipinski definition) is 9. The van der Waals surface area contributed by atoms with Crippen molar-refractivity contribution in [3.63, 3.8) is 0 Å². The molecule has 2 bridgehead atoms. The summed E-state index contributed by atoms with van der Waals surface area (Å²) in [6.45, 7) is 12.9. The zero-order chi connectivity index (χ0) is 41.4. The third-order valence-electron chi connectivity index (χ3n) is 9.84. The summed E-state index contributed by atoms with van der Waals surface area (Å²) in [5.41, 5.74) is 1.51. The molecule has 2 aliphatic rings. The van der Waals surface area contributed by atoms with Gasteiger partial charge in [0.25, 0.3) is 0 Å². The van der Waals surface area contributed by atoms with E-state index in [1.165, 1.54) is 6.92 Å². The van der Waals surface area contributed by atoms with E-state index >= 15 is 0 Å². The molecule has 2 heterocycles. The van der Waals surface area contributed by atoms with Crippen molar-refractivity contribution in [3.05, 3.63) is 65.7 Å². The van der Waals surface area contributed by atoms with Crippen molar-refractivity contribution in [2.75, 3.05) is 19.7 Å². The number of aliphatic hydroxyl groups excluding tert-OH is 1. The lowest BCUT2D eigenvalue weighted by molar-refractivity contribution is -0.136. The van der Waals surface area contributed by atoms with Gasteiger partial charge in [0, 0.05) is 20.0 Å². The maximum atomic E-state index is 14.0. The second kappa shape index (κ2) is 22.7. The van der Waals surface area contributed by atoms with E-state index in [2.05, 4.69) is 31.9 Å². The molecule has 2 aliphatic heterocycles. The lowest BCUT2D eigenvalue weighted by Crippen LogP contribution is -2.59. The Morgan fingerprint density at radius 2 is 1.55 bits per heavy atom. The number of carbonyl (C=O) groups is 6. The van der Waals surface area contributed by atoms with Gasteiger partial charge in [-0.05, 0) is 66.7 Å². The average molecular weight is 779 g/mol. The number of benzene rings is 2. The molecule has 0 radical (unpaired) electrons. The van der Waals surface area contributed by atoms with Gasteiger partial charge in [-0.15, -0.1) is 0 Å². The summed E-state index contributed by atoms with van der Waals surface area (Å²) in [7, 11) is 0. The third-order valence-corrected chi connectivity index (χ3v) is 9.84. The molecule has 0 saturated carbocycles. The first-order valence-electron chi connectivity index (χ1n) is 19.8. The monoisotopic (exact) mass is 778 g/mol. The highest BCUT2D eigenvalue weighted by Gasteiger charge is 2.35. The molecule has 0 aromatic heterocycles. The van der Waals surface area contributed by atoms with Crippen LogP contribution >= 0.6 is 0 Å². The van der Waals surface area contributed by atoms with Crippen molar-refractivity contribution in [3.8, 4) is 5.75 Å². The van der Waals surface area contributed by atoms with Gasteiger partial charge < -0.3 is 41.7 Å². The molecular formula is C42H62N6O8. The second-order valence-corrected chi connectivity index (χ2v) is 15.5. The van der Waals surface area contributed by atoms with E-state index in [9.17, 15) is 33.9 Å². The summed E-state index contributed by atoms with van der Waals surface area (Å²) in [5.74, 6) is -2.85. The van der Waals surface area contributed by atoms with Crippen LogP contribution in [0.2, 0.25) is 0 Å². The van der Waals surface area contributed by atoms with E-state index in [4.69, 9.17) is 4.74 Å². The number of hydrogen-bond donors (Lipinski definition) is 7. The topological polar surface area (TPSA) is 204 Å². The molecule has 0 aliphatic carbocycles. The maximum absolute atomic E-state index is 14.0. The fourth-order valence-electron chi connectivity index (χ4n) is 6.41. The predicted octanol–water partition coefficient (Wildman–Crippen LogP) is 1.97. The second-order valence-electron chi connectivity index (χ2n) is 15.5. The van der Waals surface area contributed by atoms with Crippen LogP contribution < -0.4 is 36.6 Å². The van der Waals surface area contributed by atoms with Crippen LogP contribution in [0.3, 0.4) is 0 Å². The van der Waals surface area contributed by atoms with E-state index in [-0.39, 0.29) is 43.0 Å². The van der Waals surface area contributed by atoms with Crippen molar-refractivity contribution in [1.29, 1.82) is 0 Å². The lowest BCUT2D eigenvalue weighted by Gasteiger charge is -2.29. The SMILES string of the molecule is CCC(C)[C@@H]1NC(=O)[C@@H](NC[C@H](O)C(=O)[C@H](Cc2ccccc2)NC(=O)[C@@H](NC(=O)[C@H](CC(C)C)NC(C)=O)C(C)C)Cc2ccc(cc2)OCCCNC1=O. The van der Waals surface area contributed by atoms with Crippen LogP contribution in [0.25, 0.3) is 0 Å². The Labute approximate surface area is 331 Å². The Morgan fingerprint density at radius 3 is 2.16 bits per heavy atom. The first-order valence-corrected chi connectivity index (χ1v) is 19.8. The highest BCUT2D eigenvalue weighted by molar-refractivity contribution is 5.96. The standard InChI is InChI=1S/C42H62N6O8/c1-8-27(6)37-41(54)43-19-12-20-56-31-17-15-30(16-18-31)23-33(39(52)48-37)44-24-35(50)38(51)32(22-29-13-10-9-11-14-29)46-42(55)36(26(4)5)47-40(53)34(21-25(2)3)45-28(7)49/h9-11,13-18,25-27,32-37,44,50H,8,12,19-24H2,1-7H3,(H,43,54)(H,45,49)(H,46,55)(H,47,53)(H,48,52)/t27?,32-,33-,34-,35-,36-,37-/m0/s1. The number of fused-ring (bicyclic) bond motifs is 12. The van der Waals surface area contributed by atoms with Crippen molar-refractivity contribution >= 4 is 35.3 Å². The molecule has 0 saturated heterocycles. The molecule has 56 heavy (non-hydrogen) atoms. The van der Waals surface area contributed by atoms with Crippen LogP contribution in [-0.2, 0) is 41.6 Å². The summed E-state index contributed by atoms with van der Waals surface area (Å²) in [5, 5.41) is 28.4. The third kappa shape index (κ3) is 14.7. The number of carbonyl (C=O) groups excluding carboxylic acids is 6. The summed E-state index contributed by atoms with van der Waals surface area (Å²) >= 11 is 0. The first kappa shape index (κ1) is 45.6. The molecule has 1 unspecified atom stereocenters. The van der Waals surface area contributed by atoms with E-state index in [0.717, 1.165) is 11.1 Å². The molecule has 2 aromatic rings. The van der Waals surface area contributed by atoms with Crippen LogP contribution in [0.5, 0.6) is 5.75 Å². The van der Waals surface area contributed by atoms with Gasteiger partial charge in [0.15, 0.2) is 5.78 Å². The fraction of sp³-hybridized carbons (Fsp3) is 0.571. The van der Waals surface area contributed by atoms with Crippen LogP contribution in [0, 0.1) is 17.8 Å². The molecular weight excluding hydrogens is 716 g/mol. The normalized spacial score (nSPS) is 19.2. The minimum atomic E-state index is -1.65. The van der Waals surface area contributed by atoms with Crippen LogP contribution in [0.1, 0.15) is 78.9 Å². The Morgan fingerprint density at radius 1 is 0.875 bits per heavy atom. The van der Waals surface area contributed by atoms with Gasteiger partial charge in [0.2, 0.25) is 29.5 Å². The van der Waals surface area contributed by atoms with Gasteiger partial charge in [-0.2, -0.15) is 0 Å². The molecule has 7 N–H and O–H groups in total. The quantitative estimate of drug-likeness (QED) is 0.125. The summed E-state index contributed by atoms with van der Waals surface area (Å²) in [4.78, 5) is 80.1. The molecule has 2 aromatic carbocycles.